The summed E-state index contributed by atoms with van der Waals surface area (Å²) in [7, 11) is 1.59. The molecule has 1 aliphatic rings. The maximum absolute atomic E-state index is 13.0. The maximum Gasteiger partial charge on any atom is 0.243 e. The van der Waals surface area contributed by atoms with Gasteiger partial charge in [0.2, 0.25) is 17.7 Å². The number of aryl methyl sites for hydroxylation is 1. The van der Waals surface area contributed by atoms with Gasteiger partial charge in [0.25, 0.3) is 0 Å². The molecule has 2 N–H and O–H groups in total. The lowest BCUT2D eigenvalue weighted by Gasteiger charge is -2.25. The number of fused-ring (bicyclic) bond motifs is 5. The number of hydrogen-bond donors (Lipinski definition) is 2. The number of thiazole rings is 1. The fourth-order valence-corrected chi connectivity index (χ4v) is 4.74. The van der Waals surface area contributed by atoms with Crippen molar-refractivity contribution in [2.24, 2.45) is 5.92 Å². The smallest absolute Gasteiger partial charge is 0.243 e. The Kier molecular flexibility index (Phi) is 8.78. The third kappa shape index (κ3) is 6.86. The second-order valence-electron chi connectivity index (χ2n) is 9.23. The van der Waals surface area contributed by atoms with Crippen molar-refractivity contribution in [1.82, 2.24) is 25.5 Å². The highest BCUT2D eigenvalue weighted by Crippen LogP contribution is 2.33. The molecule has 2 amide bonds. The molecule has 2 aromatic heterocycles. The van der Waals surface area contributed by atoms with E-state index in [0.717, 1.165) is 10.6 Å². The van der Waals surface area contributed by atoms with Crippen molar-refractivity contribution >= 4 is 23.2 Å². The van der Waals surface area contributed by atoms with Crippen LogP contribution < -0.4 is 20.1 Å². The van der Waals surface area contributed by atoms with E-state index >= 15 is 0 Å². The van der Waals surface area contributed by atoms with Gasteiger partial charge in [0, 0.05) is 23.7 Å². The molecule has 0 fully saturated rings. The van der Waals surface area contributed by atoms with E-state index in [0.29, 0.717) is 55.0 Å². The first-order valence-corrected chi connectivity index (χ1v) is 13.2. The summed E-state index contributed by atoms with van der Waals surface area (Å²) in [6.45, 7) is 7.50. The lowest BCUT2D eigenvalue weighted by molar-refractivity contribution is -0.130. The van der Waals surface area contributed by atoms with Gasteiger partial charge in [-0.1, -0.05) is 13.8 Å². The molecule has 0 radical (unpaired) electrons. The molecule has 0 aliphatic carbocycles. The number of ether oxygens (including phenoxy) is 2. The minimum atomic E-state index is -0.674. The van der Waals surface area contributed by atoms with Gasteiger partial charge in [0.15, 0.2) is 11.5 Å². The summed E-state index contributed by atoms with van der Waals surface area (Å²) in [6, 6.07) is 4.84. The van der Waals surface area contributed by atoms with Crippen LogP contribution in [0.15, 0.2) is 34.2 Å². The molecular weight excluding hydrogens is 494 g/mol. The number of nitrogens with one attached hydrogen (secondary N) is 2. The number of carbonyl (C=O) groups excluding carboxylic acids is 2. The number of methoxy groups -OCH3 is 1. The molecule has 1 aromatic carbocycles. The van der Waals surface area contributed by atoms with Crippen LogP contribution in [0.25, 0.3) is 11.5 Å². The average Bonchev–Trinajstić information content (AvgIpc) is 3.52. The molecule has 1 aliphatic heterocycles. The van der Waals surface area contributed by atoms with E-state index < -0.39 is 6.04 Å². The molecule has 4 bridgehead atoms. The molecule has 0 unspecified atom stereocenters. The molecule has 3 heterocycles. The Labute approximate surface area is 220 Å². The SMILES string of the molecule is COc1ccc2cc1OCCCN(Cc1nccs1)CC(=O)N[C@@H](C(C)C)C(=O)NCc1nc-2oc1C. The van der Waals surface area contributed by atoms with Crippen molar-refractivity contribution < 1.29 is 23.5 Å². The number of hydrogen-bond acceptors (Lipinski definition) is 9. The number of nitrogens with zero attached hydrogens (tertiary/aromatic N) is 3. The monoisotopic (exact) mass is 527 g/mol. The maximum atomic E-state index is 13.0. The second kappa shape index (κ2) is 12.2. The Hall–Kier alpha value is -3.44. The molecule has 3 aromatic rings. The molecule has 10 nitrogen and oxygen atoms in total. The zero-order valence-corrected chi connectivity index (χ0v) is 22.4. The molecule has 11 heteroatoms. The molecule has 0 spiro atoms. The molecule has 4 rings (SSSR count). The molecular formula is C26H33N5O5S. The van der Waals surface area contributed by atoms with Crippen LogP contribution in [0, 0.1) is 12.8 Å². The first-order valence-electron chi connectivity index (χ1n) is 12.3. The van der Waals surface area contributed by atoms with Gasteiger partial charge in [-0.15, -0.1) is 11.3 Å². The minimum Gasteiger partial charge on any atom is -0.493 e. The third-order valence-corrected chi connectivity index (χ3v) is 6.85. The summed E-state index contributed by atoms with van der Waals surface area (Å²) in [6.07, 6.45) is 2.42. The van der Waals surface area contributed by atoms with Crippen LogP contribution in [0.2, 0.25) is 0 Å². The van der Waals surface area contributed by atoms with Gasteiger partial charge in [-0.2, -0.15) is 0 Å². The number of benzene rings is 1. The van der Waals surface area contributed by atoms with Crippen molar-refractivity contribution in [3.63, 3.8) is 0 Å². The highest BCUT2D eigenvalue weighted by molar-refractivity contribution is 7.09. The second-order valence-corrected chi connectivity index (χ2v) is 10.2. The van der Waals surface area contributed by atoms with E-state index in [1.54, 1.807) is 31.6 Å². The Morgan fingerprint density at radius 2 is 2.14 bits per heavy atom. The molecule has 0 saturated carbocycles. The van der Waals surface area contributed by atoms with E-state index in [1.807, 2.05) is 42.3 Å². The van der Waals surface area contributed by atoms with Crippen LogP contribution in [0.3, 0.4) is 0 Å². The summed E-state index contributed by atoms with van der Waals surface area (Å²) >= 11 is 1.54. The predicted molar refractivity (Wildman–Crippen MR) is 139 cm³/mol. The average molecular weight is 528 g/mol. The summed E-state index contributed by atoms with van der Waals surface area (Å²) in [4.78, 5) is 37.0. The van der Waals surface area contributed by atoms with Crippen LogP contribution in [0.4, 0.5) is 0 Å². The minimum absolute atomic E-state index is 0.0953. The number of rotatable bonds is 4. The van der Waals surface area contributed by atoms with E-state index in [2.05, 4.69) is 20.6 Å². The predicted octanol–water partition coefficient (Wildman–Crippen LogP) is 3.16. The van der Waals surface area contributed by atoms with Gasteiger partial charge < -0.3 is 24.5 Å². The molecule has 198 valence electrons. The van der Waals surface area contributed by atoms with Gasteiger partial charge in [0.1, 0.15) is 22.5 Å². The van der Waals surface area contributed by atoms with E-state index in [4.69, 9.17) is 13.9 Å². The van der Waals surface area contributed by atoms with Crippen LogP contribution in [-0.2, 0) is 22.7 Å². The van der Waals surface area contributed by atoms with Crippen LogP contribution in [0.5, 0.6) is 11.5 Å². The van der Waals surface area contributed by atoms with Crippen molar-refractivity contribution in [2.75, 3.05) is 26.8 Å². The number of aromatic nitrogens is 2. The fourth-order valence-electron chi connectivity index (χ4n) is 4.08. The zero-order chi connectivity index (χ0) is 26.4. The summed E-state index contributed by atoms with van der Waals surface area (Å²) in [5.41, 5.74) is 1.36. The standard InChI is InChI=1S/C26H33N5O5S/c1-16(2)24-25(33)28-13-19-17(3)36-26(29-19)18-6-7-20(34-4)21(12-18)35-10-5-9-31(14-22(32)30-24)15-23-27-8-11-37-23/h6-8,11-12,16,24H,5,9-10,13-15H2,1-4H3,(H,28,33)(H,30,32)/t24-/m0/s1. The summed E-state index contributed by atoms with van der Waals surface area (Å²) in [5, 5.41) is 8.65. The number of amides is 2. The van der Waals surface area contributed by atoms with Crippen LogP contribution >= 0.6 is 11.3 Å². The third-order valence-electron chi connectivity index (χ3n) is 6.08. The van der Waals surface area contributed by atoms with E-state index in [-0.39, 0.29) is 30.8 Å². The normalized spacial score (nSPS) is 17.9. The van der Waals surface area contributed by atoms with Gasteiger partial charge in [-0.3, -0.25) is 14.5 Å². The van der Waals surface area contributed by atoms with Gasteiger partial charge >= 0.3 is 0 Å². The highest BCUT2D eigenvalue weighted by Gasteiger charge is 2.26. The lowest BCUT2D eigenvalue weighted by Crippen LogP contribution is -2.51. The molecule has 0 saturated heterocycles. The Morgan fingerprint density at radius 1 is 1.30 bits per heavy atom. The lowest BCUT2D eigenvalue weighted by atomic mass is 10.0. The molecule has 1 atom stereocenters. The highest BCUT2D eigenvalue weighted by atomic mass is 32.1. The fraction of sp³-hybridized carbons (Fsp3) is 0.462. The van der Waals surface area contributed by atoms with Crippen LogP contribution in [0.1, 0.15) is 36.7 Å². The van der Waals surface area contributed by atoms with Crippen LogP contribution in [-0.4, -0.2) is 59.5 Å². The number of oxazole rings is 1. The number of carbonyl (C=O) groups is 2. The summed E-state index contributed by atoms with van der Waals surface area (Å²) in [5.74, 6) is 1.64. The van der Waals surface area contributed by atoms with E-state index in [9.17, 15) is 9.59 Å². The first kappa shape index (κ1) is 26.6. The van der Waals surface area contributed by atoms with Gasteiger partial charge in [-0.05, 0) is 37.5 Å². The quantitative estimate of drug-likeness (QED) is 0.531. The van der Waals surface area contributed by atoms with Gasteiger partial charge in [0.05, 0.1) is 33.4 Å². The van der Waals surface area contributed by atoms with Crippen molar-refractivity contribution in [2.45, 2.75) is 46.3 Å². The first-order chi connectivity index (χ1) is 17.8. The summed E-state index contributed by atoms with van der Waals surface area (Å²) < 4.78 is 17.4. The Balaban J connectivity index is 1.61. The van der Waals surface area contributed by atoms with E-state index in [1.165, 1.54) is 0 Å². The van der Waals surface area contributed by atoms with Crippen molar-refractivity contribution in [1.29, 1.82) is 0 Å². The Morgan fingerprint density at radius 3 is 2.86 bits per heavy atom. The van der Waals surface area contributed by atoms with Crippen molar-refractivity contribution in [3.05, 3.63) is 46.2 Å². The topological polar surface area (TPSA) is 119 Å². The Bertz CT molecular complexity index is 1210. The van der Waals surface area contributed by atoms with Gasteiger partial charge in [-0.25, -0.2) is 9.97 Å². The molecule has 37 heavy (non-hydrogen) atoms. The van der Waals surface area contributed by atoms with Crippen molar-refractivity contribution in [3.8, 4) is 23.0 Å². The zero-order valence-electron chi connectivity index (χ0n) is 21.6. The largest absolute Gasteiger partial charge is 0.493 e.